The molecule has 0 aliphatic rings. The van der Waals surface area contributed by atoms with Crippen LogP contribution in [0.3, 0.4) is 0 Å². The van der Waals surface area contributed by atoms with E-state index in [1.165, 1.54) is 19.3 Å². The molecule has 0 saturated carbocycles. The maximum absolute atomic E-state index is 2.28. The van der Waals surface area contributed by atoms with Crippen LogP contribution >= 0.6 is 0 Å². The van der Waals surface area contributed by atoms with Crippen LogP contribution in [0.1, 0.15) is 47.0 Å². The van der Waals surface area contributed by atoms with Crippen LogP contribution in [0.4, 0.5) is 0 Å². The van der Waals surface area contributed by atoms with Crippen molar-refractivity contribution in [1.29, 1.82) is 0 Å². The average Bonchev–Trinajstić information content (AvgIpc) is 2.00. The van der Waals surface area contributed by atoms with Crippen LogP contribution in [-0.4, -0.2) is 0 Å². The van der Waals surface area contributed by atoms with Crippen molar-refractivity contribution in [2.24, 2.45) is 5.92 Å². The minimum absolute atomic E-state index is 0.843. The largest absolute Gasteiger partial charge is 0.0882 e. The van der Waals surface area contributed by atoms with Crippen molar-refractivity contribution in [3.05, 3.63) is 11.6 Å². The lowest BCUT2D eigenvalue weighted by Gasteiger charge is -2.14. The summed E-state index contributed by atoms with van der Waals surface area (Å²) in [7, 11) is 0. The van der Waals surface area contributed by atoms with Gasteiger partial charge in [-0.15, -0.1) is 0 Å². The van der Waals surface area contributed by atoms with Gasteiger partial charge >= 0.3 is 0 Å². The summed E-state index contributed by atoms with van der Waals surface area (Å²) < 4.78 is 0. The number of allylic oxidation sites excluding steroid dienone is 2. The van der Waals surface area contributed by atoms with E-state index in [1.54, 1.807) is 5.57 Å². The molecular weight excluding hydrogens is 120 g/mol. The van der Waals surface area contributed by atoms with Crippen molar-refractivity contribution >= 4 is 0 Å². The fourth-order valence-electron chi connectivity index (χ4n) is 1.54. The van der Waals surface area contributed by atoms with Gasteiger partial charge in [-0.3, -0.25) is 0 Å². The van der Waals surface area contributed by atoms with Gasteiger partial charge in [0.15, 0.2) is 0 Å². The van der Waals surface area contributed by atoms with Gasteiger partial charge in [-0.05, 0) is 32.1 Å². The first kappa shape index (κ1) is 9.74. The van der Waals surface area contributed by atoms with Crippen LogP contribution in [0.25, 0.3) is 0 Å². The number of hydrogen-bond acceptors (Lipinski definition) is 0. The summed E-state index contributed by atoms with van der Waals surface area (Å²) in [6, 6.07) is 0. The second kappa shape index (κ2) is 5.52. The molecule has 0 aromatic rings. The van der Waals surface area contributed by atoms with Crippen LogP contribution in [-0.2, 0) is 0 Å². The topological polar surface area (TPSA) is 0 Å². The minimum atomic E-state index is 0.843. The third kappa shape index (κ3) is 2.55. The van der Waals surface area contributed by atoms with E-state index in [9.17, 15) is 0 Å². The highest BCUT2D eigenvalue weighted by molar-refractivity contribution is 5.03. The number of rotatable bonds is 4. The molecule has 10 heavy (non-hydrogen) atoms. The van der Waals surface area contributed by atoms with E-state index in [4.69, 9.17) is 0 Å². The zero-order valence-electron chi connectivity index (χ0n) is 7.78. The quantitative estimate of drug-likeness (QED) is 0.521. The van der Waals surface area contributed by atoms with Gasteiger partial charge in [0, 0.05) is 0 Å². The smallest absolute Gasteiger partial charge is 0.0209 e. The average molecular weight is 140 g/mol. The van der Waals surface area contributed by atoms with E-state index in [2.05, 4.69) is 33.8 Å². The zero-order chi connectivity index (χ0) is 7.98. The van der Waals surface area contributed by atoms with Crippen LogP contribution in [0.15, 0.2) is 11.6 Å². The van der Waals surface area contributed by atoms with Gasteiger partial charge in [0.1, 0.15) is 0 Å². The highest BCUT2D eigenvalue weighted by atomic mass is 14.1. The predicted octanol–water partition coefficient (Wildman–Crippen LogP) is 3.78. The number of hydrogen-bond donors (Lipinski definition) is 0. The van der Waals surface area contributed by atoms with Crippen LogP contribution in [0.2, 0.25) is 0 Å². The Bertz CT molecular complexity index is 96.6. The van der Waals surface area contributed by atoms with Gasteiger partial charge in [-0.1, -0.05) is 32.4 Å². The standard InChI is InChI=1S/C10H20/c1-5-9(6-2)10(7-3)8-4/h5,10H,6-8H2,1-4H3. The maximum Gasteiger partial charge on any atom is -0.0209 e. The molecule has 0 saturated heterocycles. The molecule has 0 aliphatic heterocycles. The summed E-state index contributed by atoms with van der Waals surface area (Å²) in [6.45, 7) is 8.94. The molecule has 0 heterocycles. The summed E-state index contributed by atoms with van der Waals surface area (Å²) in [5.74, 6) is 0.843. The van der Waals surface area contributed by atoms with Crippen molar-refractivity contribution in [3.63, 3.8) is 0 Å². The van der Waals surface area contributed by atoms with Gasteiger partial charge < -0.3 is 0 Å². The summed E-state index contributed by atoms with van der Waals surface area (Å²) in [4.78, 5) is 0. The van der Waals surface area contributed by atoms with Crippen molar-refractivity contribution in [2.75, 3.05) is 0 Å². The third-order valence-electron chi connectivity index (χ3n) is 2.29. The fourth-order valence-corrected chi connectivity index (χ4v) is 1.54. The lowest BCUT2D eigenvalue weighted by atomic mass is 9.92. The lowest BCUT2D eigenvalue weighted by Crippen LogP contribution is -1.99. The molecule has 0 nitrogen and oxygen atoms in total. The molecule has 0 spiro atoms. The van der Waals surface area contributed by atoms with Crippen molar-refractivity contribution in [2.45, 2.75) is 47.0 Å². The Morgan fingerprint density at radius 2 is 1.70 bits per heavy atom. The molecule has 0 atom stereocenters. The first-order chi connectivity index (χ1) is 4.79. The molecule has 0 bridgehead atoms. The first-order valence-corrected chi connectivity index (χ1v) is 4.45. The van der Waals surface area contributed by atoms with E-state index in [-0.39, 0.29) is 0 Å². The molecule has 0 aromatic heterocycles. The zero-order valence-corrected chi connectivity index (χ0v) is 7.78. The third-order valence-corrected chi connectivity index (χ3v) is 2.29. The minimum Gasteiger partial charge on any atom is -0.0882 e. The lowest BCUT2D eigenvalue weighted by molar-refractivity contribution is 0.555. The van der Waals surface area contributed by atoms with Crippen molar-refractivity contribution < 1.29 is 0 Å². The monoisotopic (exact) mass is 140 g/mol. The molecule has 0 N–H and O–H groups in total. The second-order valence-corrected chi connectivity index (χ2v) is 2.73. The highest BCUT2D eigenvalue weighted by Gasteiger charge is 2.05. The normalized spacial score (nSPS) is 12.7. The molecule has 0 amide bonds. The first-order valence-electron chi connectivity index (χ1n) is 4.45. The van der Waals surface area contributed by atoms with E-state index < -0.39 is 0 Å². The molecule has 0 unspecified atom stereocenters. The maximum atomic E-state index is 2.28. The Labute approximate surface area is 65.3 Å². The molecule has 0 rings (SSSR count). The van der Waals surface area contributed by atoms with Crippen LogP contribution in [0.5, 0.6) is 0 Å². The fraction of sp³-hybridized carbons (Fsp3) is 0.800. The molecule has 0 heteroatoms. The Kier molecular flexibility index (Phi) is 5.38. The van der Waals surface area contributed by atoms with Crippen LogP contribution in [0, 0.1) is 5.92 Å². The highest BCUT2D eigenvalue weighted by Crippen LogP contribution is 2.20. The Balaban J connectivity index is 3.97. The van der Waals surface area contributed by atoms with Gasteiger partial charge in [-0.25, -0.2) is 0 Å². The Hall–Kier alpha value is -0.260. The molecule has 0 radical (unpaired) electrons. The molecule has 0 aliphatic carbocycles. The Morgan fingerprint density at radius 3 is 1.80 bits per heavy atom. The molecule has 0 fully saturated rings. The van der Waals surface area contributed by atoms with Gasteiger partial charge in [0.2, 0.25) is 0 Å². The van der Waals surface area contributed by atoms with E-state index in [1.807, 2.05) is 0 Å². The van der Waals surface area contributed by atoms with E-state index in [0.29, 0.717) is 0 Å². The molecule has 60 valence electrons. The summed E-state index contributed by atoms with van der Waals surface area (Å²) in [5.41, 5.74) is 1.63. The summed E-state index contributed by atoms with van der Waals surface area (Å²) in [6.07, 6.45) is 6.09. The predicted molar refractivity (Wildman–Crippen MR) is 48.1 cm³/mol. The molecular formula is C10H20. The van der Waals surface area contributed by atoms with Crippen molar-refractivity contribution in [3.8, 4) is 0 Å². The van der Waals surface area contributed by atoms with Gasteiger partial charge in [0.05, 0.1) is 0 Å². The van der Waals surface area contributed by atoms with E-state index >= 15 is 0 Å². The van der Waals surface area contributed by atoms with E-state index in [0.717, 1.165) is 5.92 Å². The summed E-state index contributed by atoms with van der Waals surface area (Å²) >= 11 is 0. The second-order valence-electron chi connectivity index (χ2n) is 2.73. The SMILES string of the molecule is CC=C(CC)C(CC)CC. The molecule has 0 aromatic carbocycles. The Morgan fingerprint density at radius 1 is 1.20 bits per heavy atom. The van der Waals surface area contributed by atoms with Crippen LogP contribution < -0.4 is 0 Å². The van der Waals surface area contributed by atoms with Gasteiger partial charge in [0.25, 0.3) is 0 Å². The van der Waals surface area contributed by atoms with Gasteiger partial charge in [-0.2, -0.15) is 0 Å². The van der Waals surface area contributed by atoms with Crippen molar-refractivity contribution in [1.82, 2.24) is 0 Å². The summed E-state index contributed by atoms with van der Waals surface area (Å²) in [5, 5.41) is 0.